The van der Waals surface area contributed by atoms with Gasteiger partial charge in [0.05, 0.1) is 22.8 Å². The van der Waals surface area contributed by atoms with Gasteiger partial charge >= 0.3 is 0 Å². The van der Waals surface area contributed by atoms with Gasteiger partial charge in [0, 0.05) is 18.7 Å². The van der Waals surface area contributed by atoms with E-state index in [0.717, 1.165) is 6.42 Å². The Morgan fingerprint density at radius 1 is 1.40 bits per heavy atom. The lowest BCUT2D eigenvalue weighted by Crippen LogP contribution is -2.48. The highest BCUT2D eigenvalue weighted by molar-refractivity contribution is 6.37. The Balaban J connectivity index is 2.25. The van der Waals surface area contributed by atoms with Gasteiger partial charge in [0.25, 0.3) is 5.91 Å². The molecule has 0 radical (unpaired) electrons. The lowest BCUT2D eigenvalue weighted by molar-refractivity contribution is -0.0107. The summed E-state index contributed by atoms with van der Waals surface area (Å²) in [6.07, 6.45) is 1.47. The van der Waals surface area contributed by atoms with Crippen LogP contribution < -0.4 is 4.74 Å². The summed E-state index contributed by atoms with van der Waals surface area (Å²) in [5.74, 6) is 0.173. The van der Waals surface area contributed by atoms with E-state index >= 15 is 0 Å². The predicted molar refractivity (Wildman–Crippen MR) is 78.8 cm³/mol. The molecule has 1 aliphatic heterocycles. The molecule has 1 aliphatic rings. The van der Waals surface area contributed by atoms with E-state index in [-0.39, 0.29) is 5.91 Å². The number of aliphatic hydroxyl groups is 1. The van der Waals surface area contributed by atoms with Crippen LogP contribution in [0.3, 0.4) is 0 Å². The topological polar surface area (TPSA) is 49.8 Å². The molecule has 1 heterocycles. The molecule has 2 rings (SSSR count). The average molecular weight is 318 g/mol. The highest BCUT2D eigenvalue weighted by atomic mass is 35.5. The van der Waals surface area contributed by atoms with Crippen LogP contribution in [0.15, 0.2) is 12.1 Å². The van der Waals surface area contributed by atoms with Gasteiger partial charge in [0.1, 0.15) is 0 Å². The van der Waals surface area contributed by atoms with Gasteiger partial charge in [-0.3, -0.25) is 4.79 Å². The number of hydrogen-bond donors (Lipinski definition) is 1. The molecule has 1 fully saturated rings. The normalized spacial score (nSPS) is 22.8. The number of hydrogen-bond acceptors (Lipinski definition) is 3. The Morgan fingerprint density at radius 2 is 2.00 bits per heavy atom. The maximum Gasteiger partial charge on any atom is 0.254 e. The minimum Gasteiger partial charge on any atom is -0.494 e. The molecule has 0 spiro atoms. The number of amides is 1. The van der Waals surface area contributed by atoms with E-state index in [4.69, 9.17) is 27.9 Å². The smallest absolute Gasteiger partial charge is 0.254 e. The van der Waals surface area contributed by atoms with Crippen LogP contribution in [0.25, 0.3) is 0 Å². The van der Waals surface area contributed by atoms with Gasteiger partial charge in [-0.25, -0.2) is 0 Å². The molecule has 1 saturated heterocycles. The van der Waals surface area contributed by atoms with Crippen molar-refractivity contribution < 1.29 is 14.6 Å². The van der Waals surface area contributed by atoms with Crippen molar-refractivity contribution in [3.8, 4) is 5.75 Å². The first-order valence-electron chi connectivity index (χ1n) is 6.39. The van der Waals surface area contributed by atoms with Crippen LogP contribution in [0.4, 0.5) is 0 Å². The summed E-state index contributed by atoms with van der Waals surface area (Å²) in [6.45, 7) is 2.67. The number of ether oxygens (including phenoxy) is 1. The van der Waals surface area contributed by atoms with Crippen LogP contribution in [0.1, 0.15) is 30.1 Å². The van der Waals surface area contributed by atoms with Crippen molar-refractivity contribution in [2.45, 2.75) is 25.4 Å². The van der Waals surface area contributed by atoms with Gasteiger partial charge in [-0.05, 0) is 31.9 Å². The maximum atomic E-state index is 12.4. The molecule has 0 aliphatic carbocycles. The molecular weight excluding hydrogens is 301 g/mol. The van der Waals surface area contributed by atoms with Gasteiger partial charge < -0.3 is 14.7 Å². The van der Waals surface area contributed by atoms with Crippen LogP contribution in [0.2, 0.25) is 10.0 Å². The molecule has 4 nitrogen and oxygen atoms in total. The van der Waals surface area contributed by atoms with Crippen molar-refractivity contribution in [2.24, 2.45) is 0 Å². The van der Waals surface area contributed by atoms with E-state index in [0.29, 0.717) is 40.9 Å². The number of likely N-dealkylation sites (tertiary alicyclic amines) is 1. The van der Waals surface area contributed by atoms with Crippen molar-refractivity contribution in [3.05, 3.63) is 27.7 Å². The highest BCUT2D eigenvalue weighted by Crippen LogP contribution is 2.34. The molecule has 6 heteroatoms. The predicted octanol–water partition coefficient (Wildman–Crippen LogP) is 2.99. The first-order valence-corrected chi connectivity index (χ1v) is 7.14. The monoisotopic (exact) mass is 317 g/mol. The molecule has 1 aromatic carbocycles. The summed E-state index contributed by atoms with van der Waals surface area (Å²) >= 11 is 12.1. The third kappa shape index (κ3) is 3.19. The molecule has 20 heavy (non-hydrogen) atoms. The maximum absolute atomic E-state index is 12.4. The molecule has 0 saturated carbocycles. The summed E-state index contributed by atoms with van der Waals surface area (Å²) in [5, 5.41) is 10.7. The number of carbonyl (C=O) groups excluding carboxylic acids is 1. The zero-order chi connectivity index (χ0) is 14.9. The van der Waals surface area contributed by atoms with E-state index in [9.17, 15) is 9.90 Å². The van der Waals surface area contributed by atoms with Crippen LogP contribution in [0, 0.1) is 0 Å². The number of β-amino-alcohol motifs (C(OH)–C–C–N with tert-alkyl or cyclic N) is 1. The first-order chi connectivity index (χ1) is 9.34. The lowest BCUT2D eigenvalue weighted by atomic mass is 9.94. The van der Waals surface area contributed by atoms with Crippen molar-refractivity contribution in [1.82, 2.24) is 4.90 Å². The van der Waals surface area contributed by atoms with E-state index < -0.39 is 5.60 Å². The number of halogens is 2. The number of carbonyl (C=O) groups is 1. The lowest BCUT2D eigenvalue weighted by Gasteiger charge is -2.36. The zero-order valence-electron chi connectivity index (χ0n) is 11.4. The number of benzene rings is 1. The Labute approximate surface area is 128 Å². The number of rotatable bonds is 2. The van der Waals surface area contributed by atoms with E-state index in [2.05, 4.69) is 0 Å². The molecule has 0 aromatic heterocycles. The molecule has 110 valence electrons. The summed E-state index contributed by atoms with van der Waals surface area (Å²) in [7, 11) is 1.47. The van der Waals surface area contributed by atoms with Crippen LogP contribution >= 0.6 is 23.2 Å². The molecular formula is C14H17Cl2NO3. The second-order valence-electron chi connectivity index (χ2n) is 5.30. The third-order valence-corrected chi connectivity index (χ3v) is 3.97. The second-order valence-corrected chi connectivity index (χ2v) is 6.11. The quantitative estimate of drug-likeness (QED) is 0.912. The van der Waals surface area contributed by atoms with E-state index in [1.54, 1.807) is 11.8 Å². The number of methoxy groups -OCH3 is 1. The van der Waals surface area contributed by atoms with E-state index in [1.165, 1.54) is 19.2 Å². The number of piperidine rings is 1. The Morgan fingerprint density at radius 3 is 2.50 bits per heavy atom. The molecule has 0 bridgehead atoms. The van der Waals surface area contributed by atoms with Crippen molar-refractivity contribution >= 4 is 29.1 Å². The summed E-state index contributed by atoms with van der Waals surface area (Å²) in [6, 6.07) is 3.08. The first kappa shape index (κ1) is 15.4. The largest absolute Gasteiger partial charge is 0.494 e. The SMILES string of the molecule is COc1c(Cl)cc(C(=O)N2CCCC(C)(O)C2)cc1Cl. The fraction of sp³-hybridized carbons (Fsp3) is 0.500. The fourth-order valence-corrected chi connectivity index (χ4v) is 3.10. The molecule has 1 N–H and O–H groups in total. The second kappa shape index (κ2) is 5.80. The van der Waals surface area contributed by atoms with Gasteiger partial charge in [0.15, 0.2) is 5.75 Å². The summed E-state index contributed by atoms with van der Waals surface area (Å²) in [4.78, 5) is 14.1. The van der Waals surface area contributed by atoms with Crippen LogP contribution in [-0.2, 0) is 0 Å². The van der Waals surface area contributed by atoms with Crippen molar-refractivity contribution in [2.75, 3.05) is 20.2 Å². The van der Waals surface area contributed by atoms with Gasteiger partial charge in [0.2, 0.25) is 0 Å². The van der Waals surface area contributed by atoms with Crippen molar-refractivity contribution in [1.29, 1.82) is 0 Å². The summed E-state index contributed by atoms with van der Waals surface area (Å²) < 4.78 is 5.06. The zero-order valence-corrected chi connectivity index (χ0v) is 13.0. The Bertz CT molecular complexity index is 508. The van der Waals surface area contributed by atoms with Crippen LogP contribution in [-0.4, -0.2) is 41.7 Å². The highest BCUT2D eigenvalue weighted by Gasteiger charge is 2.31. The summed E-state index contributed by atoms with van der Waals surface area (Å²) in [5.41, 5.74) is -0.438. The standard InChI is InChI=1S/C14H17Cl2NO3/c1-14(19)4-3-5-17(8-14)13(18)9-6-10(15)12(20-2)11(16)7-9/h6-7,19H,3-5,8H2,1-2H3. The minimum atomic E-state index is -0.839. The van der Waals surface area contributed by atoms with Crippen LogP contribution in [0.5, 0.6) is 5.75 Å². The average Bonchev–Trinajstić information content (AvgIpc) is 2.36. The molecule has 1 aromatic rings. The minimum absolute atomic E-state index is 0.184. The number of nitrogens with zero attached hydrogens (tertiary/aromatic N) is 1. The molecule has 1 atom stereocenters. The van der Waals surface area contributed by atoms with E-state index in [1.807, 2.05) is 0 Å². The van der Waals surface area contributed by atoms with Crippen molar-refractivity contribution in [3.63, 3.8) is 0 Å². The van der Waals surface area contributed by atoms with Gasteiger partial charge in [-0.2, -0.15) is 0 Å². The van der Waals surface area contributed by atoms with Gasteiger partial charge in [-0.1, -0.05) is 23.2 Å². The fourth-order valence-electron chi connectivity index (χ4n) is 2.45. The Hall–Kier alpha value is -0.970. The Kier molecular flexibility index (Phi) is 4.47. The van der Waals surface area contributed by atoms with Gasteiger partial charge in [-0.15, -0.1) is 0 Å². The molecule has 1 amide bonds. The molecule has 1 unspecified atom stereocenters. The third-order valence-electron chi connectivity index (χ3n) is 3.41.